The fourth-order valence-electron chi connectivity index (χ4n) is 1.69. The van der Waals surface area contributed by atoms with Gasteiger partial charge in [0.15, 0.2) is 0 Å². The van der Waals surface area contributed by atoms with E-state index in [0.29, 0.717) is 0 Å². The van der Waals surface area contributed by atoms with Crippen LogP contribution in [0.3, 0.4) is 0 Å². The molecule has 64 valence electrons. The molecule has 0 saturated carbocycles. The Morgan fingerprint density at radius 2 is 2.45 bits per heavy atom. The van der Waals surface area contributed by atoms with Crippen molar-refractivity contribution in [2.45, 2.75) is 44.6 Å². The van der Waals surface area contributed by atoms with Gasteiger partial charge in [-0.15, -0.1) is 0 Å². The monoisotopic (exact) mass is 155 g/mol. The molecule has 1 atom stereocenters. The van der Waals surface area contributed by atoms with E-state index in [2.05, 4.69) is 12.2 Å². The van der Waals surface area contributed by atoms with E-state index >= 15 is 0 Å². The summed E-state index contributed by atoms with van der Waals surface area (Å²) in [6.45, 7) is 3.18. The molecular formula is C9H17NO. The van der Waals surface area contributed by atoms with Crippen molar-refractivity contribution in [3.05, 3.63) is 0 Å². The molecule has 0 aromatic carbocycles. The first-order chi connectivity index (χ1) is 5.33. The molecule has 1 saturated heterocycles. The van der Waals surface area contributed by atoms with Gasteiger partial charge in [0.25, 0.3) is 0 Å². The molecule has 0 aliphatic carbocycles. The van der Waals surface area contributed by atoms with Crippen LogP contribution in [0, 0.1) is 0 Å². The molecule has 11 heavy (non-hydrogen) atoms. The third kappa shape index (κ3) is 2.03. The average molecular weight is 155 g/mol. The van der Waals surface area contributed by atoms with Crippen LogP contribution < -0.4 is 5.32 Å². The number of carbonyl (C=O) groups excluding carboxylic acids is 1. The van der Waals surface area contributed by atoms with Crippen LogP contribution in [-0.4, -0.2) is 18.4 Å². The number of aldehydes is 1. The van der Waals surface area contributed by atoms with Gasteiger partial charge in [-0.3, -0.25) is 0 Å². The molecular weight excluding hydrogens is 138 g/mol. The lowest BCUT2D eigenvalue weighted by molar-refractivity contribution is -0.113. The molecule has 1 N–H and O–H groups in total. The molecule has 2 heteroatoms. The van der Waals surface area contributed by atoms with E-state index in [1.54, 1.807) is 0 Å². The first-order valence-corrected chi connectivity index (χ1v) is 4.54. The SMILES string of the molecule is CCCCC1(C=O)CCCN1. The summed E-state index contributed by atoms with van der Waals surface area (Å²) < 4.78 is 0. The zero-order valence-electron chi connectivity index (χ0n) is 7.23. The summed E-state index contributed by atoms with van der Waals surface area (Å²) in [5.74, 6) is 0. The van der Waals surface area contributed by atoms with Crippen molar-refractivity contribution >= 4 is 6.29 Å². The summed E-state index contributed by atoms with van der Waals surface area (Å²) in [6.07, 6.45) is 6.66. The Kier molecular flexibility index (Phi) is 3.06. The van der Waals surface area contributed by atoms with E-state index in [-0.39, 0.29) is 5.54 Å². The van der Waals surface area contributed by atoms with E-state index in [4.69, 9.17) is 0 Å². The minimum atomic E-state index is -0.143. The molecule has 0 radical (unpaired) electrons. The number of hydrogen-bond donors (Lipinski definition) is 1. The van der Waals surface area contributed by atoms with Crippen molar-refractivity contribution in [3.8, 4) is 0 Å². The van der Waals surface area contributed by atoms with Crippen molar-refractivity contribution in [1.82, 2.24) is 5.32 Å². The van der Waals surface area contributed by atoms with Crippen LogP contribution >= 0.6 is 0 Å². The van der Waals surface area contributed by atoms with Crippen LogP contribution in [0.4, 0.5) is 0 Å². The highest BCUT2D eigenvalue weighted by Crippen LogP contribution is 2.22. The van der Waals surface area contributed by atoms with Gasteiger partial charge in [-0.1, -0.05) is 19.8 Å². The minimum absolute atomic E-state index is 0.143. The zero-order chi connectivity index (χ0) is 8.16. The second-order valence-corrected chi connectivity index (χ2v) is 3.41. The van der Waals surface area contributed by atoms with Crippen LogP contribution in [0.25, 0.3) is 0 Å². The Balaban J connectivity index is 2.39. The van der Waals surface area contributed by atoms with Gasteiger partial charge in [-0.25, -0.2) is 0 Å². The minimum Gasteiger partial charge on any atom is -0.305 e. The molecule has 1 aliphatic rings. The number of carbonyl (C=O) groups is 1. The smallest absolute Gasteiger partial charge is 0.140 e. The summed E-state index contributed by atoms with van der Waals surface area (Å²) in [7, 11) is 0. The van der Waals surface area contributed by atoms with E-state index in [1.807, 2.05) is 0 Å². The normalized spacial score (nSPS) is 30.6. The largest absolute Gasteiger partial charge is 0.305 e. The van der Waals surface area contributed by atoms with E-state index in [0.717, 1.165) is 38.5 Å². The Morgan fingerprint density at radius 3 is 2.91 bits per heavy atom. The predicted octanol–water partition coefficient (Wildman–Crippen LogP) is 1.50. The third-order valence-corrected chi connectivity index (χ3v) is 2.48. The van der Waals surface area contributed by atoms with Crippen LogP contribution in [0.15, 0.2) is 0 Å². The van der Waals surface area contributed by atoms with Crippen molar-refractivity contribution in [3.63, 3.8) is 0 Å². The molecule has 0 aromatic heterocycles. The van der Waals surface area contributed by atoms with Crippen LogP contribution in [0.2, 0.25) is 0 Å². The fourth-order valence-corrected chi connectivity index (χ4v) is 1.69. The lowest BCUT2D eigenvalue weighted by Crippen LogP contribution is -2.41. The van der Waals surface area contributed by atoms with Gasteiger partial charge >= 0.3 is 0 Å². The fraction of sp³-hybridized carbons (Fsp3) is 0.889. The Labute approximate surface area is 68.4 Å². The molecule has 0 aromatic rings. The predicted molar refractivity (Wildman–Crippen MR) is 45.6 cm³/mol. The topological polar surface area (TPSA) is 29.1 Å². The third-order valence-electron chi connectivity index (χ3n) is 2.48. The molecule has 1 unspecified atom stereocenters. The van der Waals surface area contributed by atoms with Gasteiger partial charge in [-0.2, -0.15) is 0 Å². The standard InChI is InChI=1S/C9H17NO/c1-2-3-5-9(8-11)6-4-7-10-9/h8,10H,2-7H2,1H3. The maximum Gasteiger partial charge on any atom is 0.140 e. The molecule has 1 aliphatic heterocycles. The van der Waals surface area contributed by atoms with Crippen molar-refractivity contribution in [1.29, 1.82) is 0 Å². The van der Waals surface area contributed by atoms with Crippen LogP contribution in [0.1, 0.15) is 39.0 Å². The quantitative estimate of drug-likeness (QED) is 0.623. The molecule has 1 heterocycles. The lowest BCUT2D eigenvalue weighted by Gasteiger charge is -2.21. The first kappa shape index (κ1) is 8.72. The number of nitrogens with one attached hydrogen (secondary N) is 1. The maximum atomic E-state index is 10.8. The highest BCUT2D eigenvalue weighted by atomic mass is 16.1. The highest BCUT2D eigenvalue weighted by molar-refractivity contribution is 5.64. The van der Waals surface area contributed by atoms with Crippen LogP contribution in [-0.2, 0) is 4.79 Å². The summed E-state index contributed by atoms with van der Waals surface area (Å²) >= 11 is 0. The van der Waals surface area contributed by atoms with Gasteiger partial charge in [0.05, 0.1) is 5.54 Å². The van der Waals surface area contributed by atoms with Gasteiger partial charge < -0.3 is 10.1 Å². The van der Waals surface area contributed by atoms with Crippen molar-refractivity contribution in [2.24, 2.45) is 0 Å². The molecule has 0 spiro atoms. The average Bonchev–Trinajstić information content (AvgIpc) is 2.50. The summed E-state index contributed by atoms with van der Waals surface area (Å²) in [5.41, 5.74) is -0.143. The summed E-state index contributed by atoms with van der Waals surface area (Å²) in [4.78, 5) is 10.8. The second kappa shape index (κ2) is 3.86. The van der Waals surface area contributed by atoms with E-state index in [1.165, 1.54) is 6.42 Å². The lowest BCUT2D eigenvalue weighted by atomic mass is 9.93. The van der Waals surface area contributed by atoms with E-state index < -0.39 is 0 Å². The first-order valence-electron chi connectivity index (χ1n) is 4.54. The number of hydrogen-bond acceptors (Lipinski definition) is 2. The summed E-state index contributed by atoms with van der Waals surface area (Å²) in [6, 6.07) is 0. The second-order valence-electron chi connectivity index (χ2n) is 3.41. The molecule has 1 fully saturated rings. The van der Waals surface area contributed by atoms with Crippen molar-refractivity contribution in [2.75, 3.05) is 6.54 Å². The molecule has 1 rings (SSSR count). The summed E-state index contributed by atoms with van der Waals surface area (Å²) in [5, 5.41) is 3.29. The number of rotatable bonds is 4. The Bertz CT molecular complexity index is 128. The van der Waals surface area contributed by atoms with Gasteiger partial charge in [-0.05, 0) is 25.8 Å². The van der Waals surface area contributed by atoms with Crippen LogP contribution in [0.5, 0.6) is 0 Å². The number of unbranched alkanes of at least 4 members (excludes halogenated alkanes) is 1. The maximum absolute atomic E-state index is 10.8. The zero-order valence-corrected chi connectivity index (χ0v) is 7.23. The Morgan fingerprint density at radius 1 is 1.64 bits per heavy atom. The van der Waals surface area contributed by atoms with Gasteiger partial charge in [0.2, 0.25) is 0 Å². The van der Waals surface area contributed by atoms with E-state index in [9.17, 15) is 4.79 Å². The van der Waals surface area contributed by atoms with Gasteiger partial charge in [0.1, 0.15) is 6.29 Å². The molecule has 2 nitrogen and oxygen atoms in total. The molecule has 0 bridgehead atoms. The van der Waals surface area contributed by atoms with Gasteiger partial charge in [0, 0.05) is 0 Å². The molecule has 0 amide bonds. The van der Waals surface area contributed by atoms with Crippen molar-refractivity contribution < 1.29 is 4.79 Å². The Hall–Kier alpha value is -0.370. The highest BCUT2D eigenvalue weighted by Gasteiger charge is 2.31.